The van der Waals surface area contributed by atoms with Gasteiger partial charge in [-0.15, -0.1) is 11.3 Å². The predicted octanol–water partition coefficient (Wildman–Crippen LogP) is 4.32. The lowest BCUT2D eigenvalue weighted by Gasteiger charge is -2.18. The first-order valence-corrected chi connectivity index (χ1v) is 11.3. The van der Waals surface area contributed by atoms with Gasteiger partial charge in [-0.1, -0.05) is 24.3 Å². The Kier molecular flexibility index (Phi) is 5.64. The SMILES string of the molecule is COCCOC(=O)c1sc2ncnc(Nc3ccc4c(c3)C(=O)c3ccccc3C4=O)c2c1C. The highest BCUT2D eigenvalue weighted by atomic mass is 32.1. The molecular formula is C25H19N3O5S. The van der Waals surface area contributed by atoms with Crippen LogP contribution in [0, 0.1) is 6.92 Å². The van der Waals surface area contributed by atoms with E-state index in [2.05, 4.69) is 15.3 Å². The molecule has 1 N–H and O–H groups in total. The summed E-state index contributed by atoms with van der Waals surface area (Å²) >= 11 is 1.23. The third-order valence-corrected chi connectivity index (χ3v) is 6.80. The molecule has 0 bridgehead atoms. The van der Waals surface area contributed by atoms with Crippen molar-refractivity contribution in [2.75, 3.05) is 25.6 Å². The first-order valence-electron chi connectivity index (χ1n) is 10.5. The minimum Gasteiger partial charge on any atom is -0.459 e. The van der Waals surface area contributed by atoms with Crippen molar-refractivity contribution in [3.8, 4) is 0 Å². The molecule has 0 amide bonds. The maximum atomic E-state index is 13.0. The Morgan fingerprint density at radius 2 is 1.68 bits per heavy atom. The summed E-state index contributed by atoms with van der Waals surface area (Å²) in [7, 11) is 1.54. The summed E-state index contributed by atoms with van der Waals surface area (Å²) in [5.41, 5.74) is 2.81. The van der Waals surface area contributed by atoms with Crippen LogP contribution < -0.4 is 5.32 Å². The van der Waals surface area contributed by atoms with E-state index in [0.29, 0.717) is 61.0 Å². The van der Waals surface area contributed by atoms with Crippen LogP contribution in [0.5, 0.6) is 0 Å². The number of aryl methyl sites for hydroxylation is 1. The third-order valence-electron chi connectivity index (χ3n) is 5.62. The number of hydrogen-bond donors (Lipinski definition) is 1. The van der Waals surface area contributed by atoms with E-state index in [4.69, 9.17) is 9.47 Å². The maximum Gasteiger partial charge on any atom is 0.348 e. The molecule has 5 rings (SSSR count). The molecular weight excluding hydrogens is 454 g/mol. The number of thiophene rings is 1. The van der Waals surface area contributed by atoms with Crippen molar-refractivity contribution in [1.82, 2.24) is 9.97 Å². The highest BCUT2D eigenvalue weighted by Crippen LogP contribution is 2.36. The molecule has 1 aliphatic rings. The predicted molar refractivity (Wildman–Crippen MR) is 127 cm³/mol. The molecule has 0 atom stereocenters. The normalized spacial score (nSPS) is 12.4. The van der Waals surface area contributed by atoms with Crippen LogP contribution in [0.4, 0.5) is 11.5 Å². The molecule has 34 heavy (non-hydrogen) atoms. The van der Waals surface area contributed by atoms with Gasteiger partial charge in [0.15, 0.2) is 11.6 Å². The monoisotopic (exact) mass is 473 g/mol. The largest absolute Gasteiger partial charge is 0.459 e. The minimum absolute atomic E-state index is 0.158. The Labute approximate surface area is 198 Å². The number of esters is 1. The topological polar surface area (TPSA) is 107 Å². The van der Waals surface area contributed by atoms with Gasteiger partial charge in [-0.2, -0.15) is 0 Å². The summed E-state index contributed by atoms with van der Waals surface area (Å²) in [4.78, 5) is 48.1. The van der Waals surface area contributed by atoms with Gasteiger partial charge in [-0.05, 0) is 30.7 Å². The lowest BCUT2D eigenvalue weighted by molar-refractivity contribution is 0.0392. The zero-order chi connectivity index (χ0) is 23.8. The van der Waals surface area contributed by atoms with E-state index in [1.807, 2.05) is 6.92 Å². The van der Waals surface area contributed by atoms with Crippen LogP contribution in [0.2, 0.25) is 0 Å². The van der Waals surface area contributed by atoms with E-state index in [0.717, 1.165) is 0 Å². The molecule has 2 aromatic carbocycles. The van der Waals surface area contributed by atoms with E-state index < -0.39 is 5.97 Å². The average Bonchev–Trinajstić information content (AvgIpc) is 3.20. The lowest BCUT2D eigenvalue weighted by Crippen LogP contribution is -2.20. The van der Waals surface area contributed by atoms with Crippen molar-refractivity contribution in [1.29, 1.82) is 0 Å². The molecule has 0 saturated heterocycles. The van der Waals surface area contributed by atoms with Crippen molar-refractivity contribution in [2.45, 2.75) is 6.92 Å². The first-order chi connectivity index (χ1) is 16.5. The van der Waals surface area contributed by atoms with Crippen molar-refractivity contribution < 1.29 is 23.9 Å². The number of anilines is 2. The molecule has 1 aliphatic carbocycles. The van der Waals surface area contributed by atoms with Gasteiger partial charge in [0.05, 0.1) is 12.0 Å². The van der Waals surface area contributed by atoms with Gasteiger partial charge >= 0.3 is 5.97 Å². The van der Waals surface area contributed by atoms with Gasteiger partial charge in [0.2, 0.25) is 0 Å². The molecule has 2 aromatic heterocycles. The number of ether oxygens (including phenoxy) is 2. The summed E-state index contributed by atoms with van der Waals surface area (Å²) in [6.07, 6.45) is 1.41. The number of carbonyl (C=O) groups is 3. The van der Waals surface area contributed by atoms with Crippen LogP contribution in [0.15, 0.2) is 48.8 Å². The Morgan fingerprint density at radius 3 is 2.41 bits per heavy atom. The van der Waals surface area contributed by atoms with Gasteiger partial charge in [0, 0.05) is 35.1 Å². The fraction of sp³-hybridized carbons (Fsp3) is 0.160. The number of nitrogens with zero attached hydrogens (tertiary/aromatic N) is 2. The lowest BCUT2D eigenvalue weighted by atomic mass is 9.84. The van der Waals surface area contributed by atoms with Crippen LogP contribution in [0.25, 0.3) is 10.2 Å². The second kappa shape index (κ2) is 8.77. The molecule has 9 heteroatoms. The standard InChI is InChI=1S/C25H19N3O5S/c1-13-19-23(26-12-27-24(19)34-22(13)25(31)33-10-9-32-2)28-14-7-8-17-18(11-14)21(30)16-6-4-3-5-15(16)20(17)29/h3-8,11-12H,9-10H2,1-2H3,(H,26,27,28). The van der Waals surface area contributed by atoms with Crippen molar-refractivity contribution in [2.24, 2.45) is 0 Å². The van der Waals surface area contributed by atoms with Crippen LogP contribution in [-0.4, -0.2) is 47.8 Å². The molecule has 0 spiro atoms. The Balaban J connectivity index is 1.49. The van der Waals surface area contributed by atoms with Gasteiger partial charge in [0.25, 0.3) is 0 Å². The Bertz CT molecular complexity index is 1480. The number of rotatable bonds is 6. The van der Waals surface area contributed by atoms with Gasteiger partial charge in [0.1, 0.15) is 28.5 Å². The molecule has 8 nitrogen and oxygen atoms in total. The van der Waals surface area contributed by atoms with Crippen LogP contribution in [0.3, 0.4) is 0 Å². The summed E-state index contributed by atoms with van der Waals surface area (Å²) < 4.78 is 10.2. The molecule has 0 radical (unpaired) electrons. The third kappa shape index (κ3) is 3.64. The zero-order valence-electron chi connectivity index (χ0n) is 18.4. The van der Waals surface area contributed by atoms with Gasteiger partial charge in [-0.3, -0.25) is 9.59 Å². The van der Waals surface area contributed by atoms with Crippen molar-refractivity contribution in [3.05, 3.63) is 81.5 Å². The summed E-state index contributed by atoms with van der Waals surface area (Å²) in [6.45, 7) is 2.28. The summed E-state index contributed by atoms with van der Waals surface area (Å²) in [5, 5.41) is 3.91. The molecule has 0 saturated carbocycles. The number of carbonyl (C=O) groups excluding carboxylic acids is 3. The number of benzene rings is 2. The molecule has 0 aliphatic heterocycles. The number of aromatic nitrogens is 2. The number of nitrogens with one attached hydrogen (secondary N) is 1. The number of methoxy groups -OCH3 is 1. The van der Waals surface area contributed by atoms with Crippen molar-refractivity contribution in [3.63, 3.8) is 0 Å². The smallest absolute Gasteiger partial charge is 0.348 e. The number of hydrogen-bond acceptors (Lipinski definition) is 9. The molecule has 0 unspecified atom stereocenters. The average molecular weight is 474 g/mol. The quantitative estimate of drug-likeness (QED) is 0.287. The zero-order valence-corrected chi connectivity index (χ0v) is 19.2. The highest BCUT2D eigenvalue weighted by molar-refractivity contribution is 7.20. The second-order valence-electron chi connectivity index (χ2n) is 7.68. The second-order valence-corrected chi connectivity index (χ2v) is 8.68. The summed E-state index contributed by atoms with van der Waals surface area (Å²) in [5.74, 6) is -0.328. The van der Waals surface area contributed by atoms with Crippen LogP contribution in [0.1, 0.15) is 47.1 Å². The Hall–Kier alpha value is -3.95. The fourth-order valence-electron chi connectivity index (χ4n) is 3.96. The fourth-order valence-corrected chi connectivity index (χ4v) is 5.00. The molecule has 170 valence electrons. The molecule has 0 fully saturated rings. The van der Waals surface area contributed by atoms with Gasteiger partial charge in [-0.25, -0.2) is 14.8 Å². The summed E-state index contributed by atoms with van der Waals surface area (Å²) in [6, 6.07) is 11.8. The number of fused-ring (bicyclic) bond motifs is 3. The van der Waals surface area contributed by atoms with Crippen molar-refractivity contribution >= 4 is 50.6 Å². The van der Waals surface area contributed by atoms with E-state index in [1.54, 1.807) is 42.5 Å². The van der Waals surface area contributed by atoms with Crippen LogP contribution >= 0.6 is 11.3 Å². The van der Waals surface area contributed by atoms with E-state index in [9.17, 15) is 14.4 Å². The Morgan fingerprint density at radius 1 is 0.971 bits per heavy atom. The van der Waals surface area contributed by atoms with Crippen LogP contribution in [-0.2, 0) is 9.47 Å². The number of ketones is 2. The minimum atomic E-state index is -0.444. The van der Waals surface area contributed by atoms with E-state index in [1.165, 1.54) is 24.8 Å². The molecule has 4 aromatic rings. The molecule has 2 heterocycles. The first kappa shape index (κ1) is 21.9. The van der Waals surface area contributed by atoms with E-state index in [-0.39, 0.29) is 18.2 Å². The highest BCUT2D eigenvalue weighted by Gasteiger charge is 2.29. The maximum absolute atomic E-state index is 13.0. The van der Waals surface area contributed by atoms with E-state index >= 15 is 0 Å². The van der Waals surface area contributed by atoms with Gasteiger partial charge < -0.3 is 14.8 Å².